The van der Waals surface area contributed by atoms with Gasteiger partial charge < -0.3 is 10.6 Å². The van der Waals surface area contributed by atoms with E-state index < -0.39 is 0 Å². The van der Waals surface area contributed by atoms with E-state index in [9.17, 15) is 0 Å². The summed E-state index contributed by atoms with van der Waals surface area (Å²) >= 11 is 1.74. The van der Waals surface area contributed by atoms with Crippen LogP contribution in [0.25, 0.3) is 0 Å². The summed E-state index contributed by atoms with van der Waals surface area (Å²) in [6.45, 7) is 12.3. The van der Waals surface area contributed by atoms with Gasteiger partial charge in [-0.15, -0.1) is 35.3 Å². The minimum Gasteiger partial charge on any atom is -0.357 e. The van der Waals surface area contributed by atoms with Gasteiger partial charge in [0, 0.05) is 23.7 Å². The Morgan fingerprint density at radius 3 is 2.55 bits per heavy atom. The molecule has 0 bridgehead atoms. The Balaban J connectivity index is 0.00000361. The molecule has 0 amide bonds. The Labute approximate surface area is 143 Å². The van der Waals surface area contributed by atoms with Gasteiger partial charge in [-0.1, -0.05) is 20.8 Å². The fourth-order valence-electron chi connectivity index (χ4n) is 1.43. The van der Waals surface area contributed by atoms with Crippen molar-refractivity contribution in [1.82, 2.24) is 15.6 Å². The number of hydrogen-bond acceptors (Lipinski definition) is 3. The first kappa shape index (κ1) is 19.6. The Bertz CT molecular complexity index is 404. The summed E-state index contributed by atoms with van der Waals surface area (Å²) in [5, 5.41) is 7.77. The number of rotatable bonds is 6. The lowest BCUT2D eigenvalue weighted by molar-refractivity contribution is 0.481. The first-order valence-electron chi connectivity index (χ1n) is 7.05. The Kier molecular flexibility index (Phi) is 10.2. The van der Waals surface area contributed by atoms with Crippen LogP contribution in [-0.2, 0) is 13.0 Å². The van der Waals surface area contributed by atoms with Crippen LogP contribution in [0.1, 0.15) is 44.5 Å². The summed E-state index contributed by atoms with van der Waals surface area (Å²) in [5.74, 6) is 1.45. The molecule has 0 aliphatic carbocycles. The summed E-state index contributed by atoms with van der Waals surface area (Å²) in [6, 6.07) is 0.403. The number of aliphatic imine (C=N–C) groups is 1. The minimum absolute atomic E-state index is 0. The summed E-state index contributed by atoms with van der Waals surface area (Å²) in [7, 11) is 0. The first-order valence-corrected chi connectivity index (χ1v) is 7.86. The number of aromatic nitrogens is 1. The molecular weight excluding hydrogens is 383 g/mol. The maximum Gasteiger partial charge on any atom is 0.191 e. The van der Waals surface area contributed by atoms with Gasteiger partial charge in [-0.25, -0.2) is 9.98 Å². The lowest BCUT2D eigenvalue weighted by atomic mass is 10.1. The Hall–Kier alpha value is -0.370. The summed E-state index contributed by atoms with van der Waals surface area (Å²) in [5.41, 5.74) is 0. The molecule has 0 spiro atoms. The zero-order valence-corrected chi connectivity index (χ0v) is 16.2. The van der Waals surface area contributed by atoms with Crippen LogP contribution < -0.4 is 10.6 Å². The summed E-state index contributed by atoms with van der Waals surface area (Å²) in [4.78, 5) is 10.3. The van der Waals surface area contributed by atoms with Crippen LogP contribution in [0.3, 0.4) is 0 Å². The highest BCUT2D eigenvalue weighted by Gasteiger charge is 2.09. The van der Waals surface area contributed by atoms with E-state index in [1.807, 2.05) is 6.20 Å². The van der Waals surface area contributed by atoms with E-state index in [1.165, 1.54) is 4.88 Å². The van der Waals surface area contributed by atoms with Crippen molar-refractivity contribution in [2.24, 2.45) is 10.9 Å². The topological polar surface area (TPSA) is 49.3 Å². The number of thiazole rings is 1. The highest BCUT2D eigenvalue weighted by molar-refractivity contribution is 14.0. The lowest BCUT2D eigenvalue weighted by Crippen LogP contribution is -2.44. The number of aryl methyl sites for hydroxylation is 1. The molecule has 0 radical (unpaired) electrons. The third kappa shape index (κ3) is 6.88. The van der Waals surface area contributed by atoms with Crippen molar-refractivity contribution < 1.29 is 0 Å². The van der Waals surface area contributed by atoms with Crippen LogP contribution >= 0.6 is 35.3 Å². The van der Waals surface area contributed by atoms with E-state index in [0.29, 0.717) is 18.5 Å². The van der Waals surface area contributed by atoms with Gasteiger partial charge in [-0.3, -0.25) is 0 Å². The van der Waals surface area contributed by atoms with Gasteiger partial charge in [0.1, 0.15) is 5.01 Å². The van der Waals surface area contributed by atoms with Crippen molar-refractivity contribution in [2.75, 3.05) is 6.54 Å². The second-order valence-electron chi connectivity index (χ2n) is 4.95. The molecule has 1 atom stereocenters. The minimum atomic E-state index is 0. The zero-order valence-electron chi connectivity index (χ0n) is 13.1. The molecule has 0 saturated heterocycles. The average Bonchev–Trinajstić information content (AvgIpc) is 2.84. The van der Waals surface area contributed by atoms with E-state index in [1.54, 1.807) is 11.3 Å². The Morgan fingerprint density at radius 2 is 2.05 bits per heavy atom. The molecule has 1 rings (SSSR count). The number of halogens is 1. The molecular formula is C14H27IN4S. The summed E-state index contributed by atoms with van der Waals surface area (Å²) in [6.07, 6.45) is 3.00. The van der Waals surface area contributed by atoms with Gasteiger partial charge >= 0.3 is 0 Å². The van der Waals surface area contributed by atoms with Crippen LogP contribution in [-0.4, -0.2) is 23.5 Å². The average molecular weight is 410 g/mol. The molecule has 1 unspecified atom stereocenters. The van der Waals surface area contributed by atoms with Crippen molar-refractivity contribution in [3.8, 4) is 0 Å². The standard InChI is InChI=1S/C14H26N4S.HI/c1-6-12-8-16-13(19-12)9-17-14(15-7-2)18-11(5)10(3)4;/h8,10-11H,6-7,9H2,1-5H3,(H2,15,17,18);1H. The maximum absolute atomic E-state index is 4.60. The molecule has 0 aliphatic rings. The van der Waals surface area contributed by atoms with Gasteiger partial charge in [0.15, 0.2) is 5.96 Å². The smallest absolute Gasteiger partial charge is 0.191 e. The molecule has 2 N–H and O–H groups in total. The monoisotopic (exact) mass is 410 g/mol. The Morgan fingerprint density at radius 1 is 1.35 bits per heavy atom. The fourth-order valence-corrected chi connectivity index (χ4v) is 2.22. The molecule has 6 heteroatoms. The molecule has 0 aliphatic heterocycles. The van der Waals surface area contributed by atoms with Gasteiger partial charge in [0.2, 0.25) is 0 Å². The van der Waals surface area contributed by atoms with Gasteiger partial charge in [-0.2, -0.15) is 0 Å². The molecule has 1 aromatic rings. The van der Waals surface area contributed by atoms with E-state index >= 15 is 0 Å². The quantitative estimate of drug-likeness (QED) is 0.429. The van der Waals surface area contributed by atoms with Crippen molar-refractivity contribution in [3.63, 3.8) is 0 Å². The molecule has 116 valence electrons. The van der Waals surface area contributed by atoms with Gasteiger partial charge in [0.05, 0.1) is 6.54 Å². The summed E-state index contributed by atoms with van der Waals surface area (Å²) < 4.78 is 0. The lowest BCUT2D eigenvalue weighted by Gasteiger charge is -2.20. The van der Waals surface area contributed by atoms with Crippen LogP contribution in [0.4, 0.5) is 0 Å². The van der Waals surface area contributed by atoms with Crippen LogP contribution in [0.2, 0.25) is 0 Å². The maximum atomic E-state index is 4.60. The van der Waals surface area contributed by atoms with Crippen LogP contribution in [0, 0.1) is 5.92 Å². The van der Waals surface area contributed by atoms with E-state index in [0.717, 1.165) is 23.9 Å². The first-order chi connectivity index (χ1) is 9.06. The third-order valence-electron chi connectivity index (χ3n) is 3.03. The van der Waals surface area contributed by atoms with E-state index in [4.69, 9.17) is 0 Å². The van der Waals surface area contributed by atoms with Crippen LogP contribution in [0.5, 0.6) is 0 Å². The SMILES string of the molecule is CCNC(=NCc1ncc(CC)s1)NC(C)C(C)C.I. The molecule has 4 nitrogen and oxygen atoms in total. The highest BCUT2D eigenvalue weighted by Crippen LogP contribution is 2.14. The largest absolute Gasteiger partial charge is 0.357 e. The third-order valence-corrected chi connectivity index (χ3v) is 4.16. The second kappa shape index (κ2) is 10.4. The number of guanidine groups is 1. The van der Waals surface area contributed by atoms with Crippen molar-refractivity contribution >= 4 is 41.3 Å². The molecule has 0 saturated carbocycles. The second-order valence-corrected chi connectivity index (χ2v) is 6.15. The van der Waals surface area contributed by atoms with Crippen molar-refractivity contribution in [1.29, 1.82) is 0 Å². The predicted octanol–water partition coefficient (Wildman–Crippen LogP) is 3.42. The molecule has 1 aromatic heterocycles. The number of nitrogens with one attached hydrogen (secondary N) is 2. The molecule has 20 heavy (non-hydrogen) atoms. The number of hydrogen-bond donors (Lipinski definition) is 2. The molecule has 1 heterocycles. The van der Waals surface area contributed by atoms with E-state index in [-0.39, 0.29) is 24.0 Å². The normalized spacial score (nSPS) is 13.0. The van der Waals surface area contributed by atoms with Crippen molar-refractivity contribution in [2.45, 2.75) is 53.6 Å². The number of nitrogens with zero attached hydrogens (tertiary/aromatic N) is 2. The zero-order chi connectivity index (χ0) is 14.3. The van der Waals surface area contributed by atoms with E-state index in [2.05, 4.69) is 55.2 Å². The molecule has 0 fully saturated rings. The van der Waals surface area contributed by atoms with Gasteiger partial charge in [-0.05, 0) is 26.2 Å². The fraction of sp³-hybridized carbons (Fsp3) is 0.714. The molecule has 0 aromatic carbocycles. The highest BCUT2D eigenvalue weighted by atomic mass is 127. The predicted molar refractivity (Wildman–Crippen MR) is 99.2 cm³/mol. The van der Waals surface area contributed by atoms with Crippen molar-refractivity contribution in [3.05, 3.63) is 16.1 Å². The van der Waals surface area contributed by atoms with Gasteiger partial charge in [0.25, 0.3) is 0 Å². The van der Waals surface area contributed by atoms with Crippen LogP contribution in [0.15, 0.2) is 11.2 Å².